The quantitative estimate of drug-likeness (QED) is 0.711. The Morgan fingerprint density at radius 2 is 1.90 bits per heavy atom. The highest BCUT2D eigenvalue weighted by atomic mass is 32.2. The van der Waals surface area contributed by atoms with Gasteiger partial charge in [-0.05, 0) is 31.0 Å². The van der Waals surface area contributed by atoms with Crippen LogP contribution in [0.5, 0.6) is 0 Å². The molecule has 1 atom stereocenters. The number of halogens is 1. The largest absolute Gasteiger partial charge is 0.396 e. The summed E-state index contributed by atoms with van der Waals surface area (Å²) in [6.07, 6.45) is 1.50. The summed E-state index contributed by atoms with van der Waals surface area (Å²) in [5.41, 5.74) is 0. The van der Waals surface area contributed by atoms with Gasteiger partial charge < -0.3 is 5.11 Å². The van der Waals surface area contributed by atoms with Crippen LogP contribution >= 0.6 is 0 Å². The van der Waals surface area contributed by atoms with E-state index in [9.17, 15) is 21.2 Å². The third-order valence-electron chi connectivity index (χ3n) is 2.91. The molecule has 0 fully saturated rings. The molecule has 2 N–H and O–H groups in total. The average Bonchev–Trinajstić information content (AvgIpc) is 2.36. The summed E-state index contributed by atoms with van der Waals surface area (Å²) in [6.45, 7) is 1.50. The van der Waals surface area contributed by atoms with Gasteiger partial charge in [0.1, 0.15) is 10.7 Å². The van der Waals surface area contributed by atoms with E-state index in [1.807, 2.05) is 0 Å². The van der Waals surface area contributed by atoms with Crippen molar-refractivity contribution in [3.63, 3.8) is 0 Å². The van der Waals surface area contributed by atoms with Crippen molar-refractivity contribution in [3.05, 3.63) is 24.0 Å². The molecular formula is C12H18FNO5S2. The third kappa shape index (κ3) is 4.73. The molecule has 6 nitrogen and oxygen atoms in total. The highest BCUT2D eigenvalue weighted by Gasteiger charge is 2.24. The number of benzene rings is 1. The molecule has 0 amide bonds. The first-order valence-electron chi connectivity index (χ1n) is 6.24. The molecule has 0 saturated carbocycles. The van der Waals surface area contributed by atoms with Crippen molar-refractivity contribution in [2.24, 2.45) is 0 Å². The molecule has 1 aromatic rings. The number of sulfonamides is 1. The molecule has 0 aliphatic heterocycles. The maximum atomic E-state index is 13.7. The van der Waals surface area contributed by atoms with Crippen LogP contribution in [0.4, 0.5) is 4.39 Å². The minimum absolute atomic E-state index is 0.184. The fraction of sp³-hybridized carbons (Fsp3) is 0.500. The zero-order valence-corrected chi connectivity index (χ0v) is 13.3. The fourth-order valence-corrected chi connectivity index (χ4v) is 3.88. The lowest BCUT2D eigenvalue weighted by Crippen LogP contribution is -2.35. The Hall–Kier alpha value is -1.03. The van der Waals surface area contributed by atoms with Gasteiger partial charge in [0.15, 0.2) is 9.84 Å². The van der Waals surface area contributed by atoms with Gasteiger partial charge in [-0.25, -0.2) is 25.9 Å². The van der Waals surface area contributed by atoms with Crippen molar-refractivity contribution in [3.8, 4) is 0 Å². The summed E-state index contributed by atoms with van der Waals surface area (Å²) in [7, 11) is -7.85. The molecular weight excluding hydrogens is 321 g/mol. The van der Waals surface area contributed by atoms with Crippen LogP contribution in [0.15, 0.2) is 28.0 Å². The van der Waals surface area contributed by atoms with Gasteiger partial charge in [-0.2, -0.15) is 0 Å². The molecule has 1 rings (SSSR count). The summed E-state index contributed by atoms with van der Waals surface area (Å²) in [5.74, 6) is -1.03. The van der Waals surface area contributed by atoms with E-state index in [0.717, 1.165) is 24.5 Å². The van der Waals surface area contributed by atoms with Crippen molar-refractivity contribution in [1.82, 2.24) is 4.72 Å². The summed E-state index contributed by atoms with van der Waals surface area (Å²) in [4.78, 5) is -0.999. The monoisotopic (exact) mass is 339 g/mol. The van der Waals surface area contributed by atoms with Crippen molar-refractivity contribution < 1.29 is 26.3 Å². The standard InChI is InChI=1S/C12H18FNO5S2/c1-3-9(6-7-15)14-21(18,19)12-8-10(20(2,16)17)4-5-11(12)13/h4-5,8-9,14-15H,3,6-7H2,1-2H3. The van der Waals surface area contributed by atoms with Crippen molar-refractivity contribution in [2.75, 3.05) is 12.9 Å². The van der Waals surface area contributed by atoms with E-state index in [0.29, 0.717) is 6.42 Å². The lowest BCUT2D eigenvalue weighted by Gasteiger charge is -2.16. The molecule has 0 bridgehead atoms. The Kier molecular flexibility index (Phi) is 5.85. The average molecular weight is 339 g/mol. The number of nitrogens with one attached hydrogen (secondary N) is 1. The van der Waals surface area contributed by atoms with E-state index >= 15 is 0 Å². The SMILES string of the molecule is CCC(CCO)NS(=O)(=O)c1cc(S(C)(=O)=O)ccc1F. The minimum Gasteiger partial charge on any atom is -0.396 e. The normalized spacial score (nSPS) is 14.1. The molecule has 0 aliphatic carbocycles. The summed E-state index contributed by atoms with van der Waals surface area (Å²) >= 11 is 0. The molecule has 0 saturated heterocycles. The van der Waals surface area contributed by atoms with Crippen LogP contribution in [0.1, 0.15) is 19.8 Å². The molecule has 0 spiro atoms. The Morgan fingerprint density at radius 3 is 2.38 bits per heavy atom. The van der Waals surface area contributed by atoms with Gasteiger partial charge in [0.25, 0.3) is 0 Å². The van der Waals surface area contributed by atoms with Crippen molar-refractivity contribution >= 4 is 19.9 Å². The van der Waals surface area contributed by atoms with Crippen LogP contribution in [0, 0.1) is 5.82 Å². The summed E-state index contributed by atoms with van der Waals surface area (Å²) < 4.78 is 63.2. The molecule has 120 valence electrons. The predicted octanol–water partition coefficient (Wildman–Crippen LogP) is 0.668. The fourth-order valence-electron chi connectivity index (χ4n) is 1.71. The third-order valence-corrected chi connectivity index (χ3v) is 5.56. The van der Waals surface area contributed by atoms with E-state index in [4.69, 9.17) is 5.11 Å². The highest BCUT2D eigenvalue weighted by molar-refractivity contribution is 7.91. The van der Waals surface area contributed by atoms with E-state index < -0.39 is 36.6 Å². The second kappa shape index (κ2) is 6.82. The van der Waals surface area contributed by atoms with Gasteiger partial charge in [-0.1, -0.05) is 6.92 Å². The lowest BCUT2D eigenvalue weighted by molar-refractivity contribution is 0.270. The molecule has 0 heterocycles. The summed E-state index contributed by atoms with van der Waals surface area (Å²) in [5, 5.41) is 8.85. The number of rotatable bonds is 7. The van der Waals surface area contributed by atoms with Gasteiger partial charge in [-0.15, -0.1) is 0 Å². The second-order valence-corrected chi connectivity index (χ2v) is 8.30. The number of aliphatic hydroxyl groups excluding tert-OH is 1. The first kappa shape index (κ1) is 18.0. The Bertz CT molecular complexity index is 700. The topological polar surface area (TPSA) is 101 Å². The second-order valence-electron chi connectivity index (χ2n) is 4.60. The number of aliphatic hydroxyl groups is 1. The molecule has 9 heteroatoms. The van der Waals surface area contributed by atoms with E-state index in [1.165, 1.54) is 0 Å². The zero-order chi connectivity index (χ0) is 16.3. The molecule has 0 aliphatic rings. The maximum Gasteiger partial charge on any atom is 0.243 e. The van der Waals surface area contributed by atoms with Gasteiger partial charge in [0.2, 0.25) is 10.0 Å². The van der Waals surface area contributed by atoms with Crippen LogP contribution in [-0.4, -0.2) is 40.8 Å². The van der Waals surface area contributed by atoms with Gasteiger partial charge in [0, 0.05) is 18.9 Å². The van der Waals surface area contributed by atoms with Gasteiger partial charge in [-0.3, -0.25) is 0 Å². The number of sulfone groups is 1. The molecule has 1 aromatic carbocycles. The zero-order valence-electron chi connectivity index (χ0n) is 11.7. The first-order chi connectivity index (χ1) is 9.61. The Morgan fingerprint density at radius 1 is 1.29 bits per heavy atom. The van der Waals surface area contributed by atoms with Gasteiger partial charge >= 0.3 is 0 Å². The van der Waals surface area contributed by atoms with Crippen LogP contribution in [0.3, 0.4) is 0 Å². The van der Waals surface area contributed by atoms with Crippen LogP contribution in [0.25, 0.3) is 0 Å². The molecule has 0 aromatic heterocycles. The summed E-state index contributed by atoms with van der Waals surface area (Å²) in [6, 6.07) is 2.05. The Labute approximate surface area is 124 Å². The van der Waals surface area contributed by atoms with Crippen molar-refractivity contribution in [2.45, 2.75) is 35.6 Å². The smallest absolute Gasteiger partial charge is 0.243 e. The van der Waals surface area contributed by atoms with Crippen LogP contribution < -0.4 is 4.72 Å². The molecule has 0 radical (unpaired) electrons. The van der Waals surface area contributed by atoms with E-state index in [1.54, 1.807) is 6.92 Å². The highest BCUT2D eigenvalue weighted by Crippen LogP contribution is 2.20. The predicted molar refractivity (Wildman–Crippen MR) is 75.6 cm³/mol. The molecule has 21 heavy (non-hydrogen) atoms. The minimum atomic E-state index is -4.21. The number of hydrogen-bond donors (Lipinski definition) is 2. The van der Waals surface area contributed by atoms with Crippen molar-refractivity contribution in [1.29, 1.82) is 0 Å². The van der Waals surface area contributed by atoms with E-state index in [2.05, 4.69) is 4.72 Å². The van der Waals surface area contributed by atoms with Crippen LogP contribution in [0.2, 0.25) is 0 Å². The van der Waals surface area contributed by atoms with Crippen LogP contribution in [-0.2, 0) is 19.9 Å². The van der Waals surface area contributed by atoms with Gasteiger partial charge in [0.05, 0.1) is 4.90 Å². The van der Waals surface area contributed by atoms with E-state index in [-0.39, 0.29) is 17.9 Å². The maximum absolute atomic E-state index is 13.7. The molecule has 1 unspecified atom stereocenters. The Balaban J connectivity index is 3.25. The number of hydrogen-bond acceptors (Lipinski definition) is 5. The first-order valence-corrected chi connectivity index (χ1v) is 9.62. The lowest BCUT2D eigenvalue weighted by atomic mass is 10.2.